The fraction of sp³-hybridized carbons (Fsp3) is 0.286. The minimum atomic E-state index is 1.00. The highest BCUT2D eigenvalue weighted by molar-refractivity contribution is 5.11. The second-order valence-electron chi connectivity index (χ2n) is 3.16. The molecule has 1 rings (SSSR count). The summed E-state index contributed by atoms with van der Waals surface area (Å²) in [6.07, 6.45) is 26.5. The highest BCUT2D eigenvalue weighted by atomic mass is 13.8. The Morgan fingerprint density at radius 2 is 1.29 bits per heavy atom. The first-order chi connectivity index (χ1) is 7.00. The summed E-state index contributed by atoms with van der Waals surface area (Å²) in [6.45, 7) is 0. The standard InChI is InChI=1S/C14H17/c1-2-4-6-8-10-12-14-13-11-9-7-5-3-1/h1-6,11,13-14H,7-10H2/b2-1+,5-3-,6-4+,13-11-,14-12?. The van der Waals surface area contributed by atoms with Crippen molar-refractivity contribution in [2.75, 3.05) is 0 Å². The van der Waals surface area contributed by atoms with Gasteiger partial charge in [0.25, 0.3) is 0 Å². The van der Waals surface area contributed by atoms with Crippen molar-refractivity contribution in [3.05, 3.63) is 60.8 Å². The van der Waals surface area contributed by atoms with Crippen LogP contribution < -0.4 is 0 Å². The molecule has 0 N–H and O–H groups in total. The summed E-state index contributed by atoms with van der Waals surface area (Å²) in [5, 5.41) is 0. The van der Waals surface area contributed by atoms with Crippen molar-refractivity contribution in [3.8, 4) is 0 Å². The molecular formula is C14H17. The maximum absolute atomic E-state index is 3.23. The Morgan fingerprint density at radius 1 is 0.643 bits per heavy atom. The average molecular weight is 185 g/mol. The first kappa shape index (κ1) is 10.8. The molecule has 0 amide bonds. The molecule has 0 aromatic rings. The Kier molecular flexibility index (Phi) is 6.39. The van der Waals surface area contributed by atoms with E-state index < -0.39 is 0 Å². The molecule has 0 nitrogen and oxygen atoms in total. The maximum atomic E-state index is 3.23. The molecule has 0 fully saturated rings. The van der Waals surface area contributed by atoms with Gasteiger partial charge in [-0.25, -0.2) is 0 Å². The van der Waals surface area contributed by atoms with Crippen LogP contribution in [0.15, 0.2) is 54.7 Å². The smallest absolute Gasteiger partial charge is 0.0241 e. The molecule has 0 saturated carbocycles. The lowest BCUT2D eigenvalue weighted by molar-refractivity contribution is 1.02. The van der Waals surface area contributed by atoms with E-state index in [1.807, 2.05) is 6.08 Å². The topological polar surface area (TPSA) is 0 Å². The van der Waals surface area contributed by atoms with Gasteiger partial charge in [0.2, 0.25) is 0 Å². The molecule has 0 heterocycles. The van der Waals surface area contributed by atoms with Crippen molar-refractivity contribution >= 4 is 0 Å². The van der Waals surface area contributed by atoms with Crippen molar-refractivity contribution < 1.29 is 0 Å². The predicted octanol–water partition coefficient (Wildman–Crippen LogP) is 4.14. The SMILES string of the molecule is [C]1=C/C=C\CC\C=C/C=C/C=C/CC/1. The molecule has 0 bridgehead atoms. The van der Waals surface area contributed by atoms with Crippen LogP contribution in [-0.2, 0) is 0 Å². The molecule has 14 heavy (non-hydrogen) atoms. The fourth-order valence-corrected chi connectivity index (χ4v) is 1.15. The van der Waals surface area contributed by atoms with Gasteiger partial charge >= 0.3 is 0 Å². The van der Waals surface area contributed by atoms with E-state index in [0.29, 0.717) is 0 Å². The summed E-state index contributed by atoms with van der Waals surface area (Å²) in [4.78, 5) is 0. The first-order valence-corrected chi connectivity index (χ1v) is 5.20. The quantitative estimate of drug-likeness (QED) is 0.532. The first-order valence-electron chi connectivity index (χ1n) is 5.20. The van der Waals surface area contributed by atoms with Crippen molar-refractivity contribution in [1.29, 1.82) is 0 Å². The van der Waals surface area contributed by atoms with E-state index >= 15 is 0 Å². The zero-order valence-corrected chi connectivity index (χ0v) is 8.52. The normalized spacial score (nSPS) is 29.7. The van der Waals surface area contributed by atoms with Gasteiger partial charge in [-0.3, -0.25) is 0 Å². The predicted molar refractivity (Wildman–Crippen MR) is 62.8 cm³/mol. The molecule has 0 unspecified atom stereocenters. The van der Waals surface area contributed by atoms with Gasteiger partial charge in [0.1, 0.15) is 0 Å². The number of allylic oxidation sites excluding steroid dienone is 10. The minimum Gasteiger partial charge on any atom is -0.0842 e. The average Bonchev–Trinajstić information content (AvgIpc) is 2.22. The van der Waals surface area contributed by atoms with Gasteiger partial charge < -0.3 is 0 Å². The molecule has 0 aliphatic heterocycles. The zero-order chi connectivity index (χ0) is 9.90. The molecule has 1 aliphatic carbocycles. The molecule has 0 atom stereocenters. The molecule has 0 saturated heterocycles. The van der Waals surface area contributed by atoms with E-state index in [9.17, 15) is 0 Å². The highest BCUT2D eigenvalue weighted by Crippen LogP contribution is 1.97. The summed E-state index contributed by atoms with van der Waals surface area (Å²) in [7, 11) is 0. The van der Waals surface area contributed by atoms with E-state index in [1.165, 1.54) is 0 Å². The summed E-state index contributed by atoms with van der Waals surface area (Å²) in [5.41, 5.74) is 0. The summed E-state index contributed by atoms with van der Waals surface area (Å²) in [5.74, 6) is 0. The van der Waals surface area contributed by atoms with Crippen molar-refractivity contribution in [2.45, 2.75) is 25.7 Å². The van der Waals surface area contributed by atoms with Gasteiger partial charge in [0, 0.05) is 0 Å². The second-order valence-corrected chi connectivity index (χ2v) is 3.16. The van der Waals surface area contributed by atoms with Crippen LogP contribution in [0, 0.1) is 6.08 Å². The number of rotatable bonds is 0. The Balaban J connectivity index is 2.45. The van der Waals surface area contributed by atoms with E-state index in [-0.39, 0.29) is 0 Å². The minimum absolute atomic E-state index is 1.00. The molecule has 0 aromatic heterocycles. The molecule has 0 aromatic carbocycles. The third-order valence-corrected chi connectivity index (χ3v) is 1.91. The zero-order valence-electron chi connectivity index (χ0n) is 8.52. The molecule has 73 valence electrons. The fourth-order valence-electron chi connectivity index (χ4n) is 1.15. The lowest BCUT2D eigenvalue weighted by atomic mass is 10.2. The second kappa shape index (κ2) is 8.31. The lowest BCUT2D eigenvalue weighted by Crippen LogP contribution is -1.67. The van der Waals surface area contributed by atoms with Crippen LogP contribution in [0.3, 0.4) is 0 Å². The van der Waals surface area contributed by atoms with Gasteiger partial charge in [-0.2, -0.15) is 0 Å². The Hall–Kier alpha value is -1.30. The monoisotopic (exact) mass is 185 g/mol. The third kappa shape index (κ3) is 6.24. The highest BCUT2D eigenvalue weighted by Gasteiger charge is 1.77. The molecule has 0 heteroatoms. The van der Waals surface area contributed by atoms with Crippen molar-refractivity contribution in [1.82, 2.24) is 0 Å². The third-order valence-electron chi connectivity index (χ3n) is 1.91. The van der Waals surface area contributed by atoms with Crippen LogP contribution in [0.1, 0.15) is 25.7 Å². The van der Waals surface area contributed by atoms with Crippen LogP contribution in [0.25, 0.3) is 0 Å². The lowest BCUT2D eigenvalue weighted by Gasteiger charge is -1.86. The Labute approximate surface area is 87.0 Å². The van der Waals surface area contributed by atoms with Gasteiger partial charge in [0.15, 0.2) is 0 Å². The maximum Gasteiger partial charge on any atom is -0.0241 e. The molecule has 1 aliphatic rings. The van der Waals surface area contributed by atoms with Crippen LogP contribution in [0.2, 0.25) is 0 Å². The van der Waals surface area contributed by atoms with Gasteiger partial charge in [0.05, 0.1) is 0 Å². The number of hydrogen-bond acceptors (Lipinski definition) is 0. The molecule has 0 spiro atoms. The van der Waals surface area contributed by atoms with E-state index in [0.717, 1.165) is 25.7 Å². The molecule has 1 radical (unpaired) electrons. The number of hydrogen-bond donors (Lipinski definition) is 0. The van der Waals surface area contributed by atoms with Crippen LogP contribution >= 0.6 is 0 Å². The molecular weight excluding hydrogens is 168 g/mol. The Morgan fingerprint density at radius 3 is 2.07 bits per heavy atom. The summed E-state index contributed by atoms with van der Waals surface area (Å²) >= 11 is 0. The van der Waals surface area contributed by atoms with E-state index in [2.05, 4.69) is 54.7 Å². The van der Waals surface area contributed by atoms with E-state index in [4.69, 9.17) is 0 Å². The summed E-state index contributed by atoms with van der Waals surface area (Å²) in [6, 6.07) is 0. The van der Waals surface area contributed by atoms with Crippen molar-refractivity contribution in [3.63, 3.8) is 0 Å². The Bertz CT molecular complexity index is 234. The van der Waals surface area contributed by atoms with Crippen molar-refractivity contribution in [2.24, 2.45) is 0 Å². The van der Waals surface area contributed by atoms with Gasteiger partial charge in [-0.1, -0.05) is 54.7 Å². The van der Waals surface area contributed by atoms with Gasteiger partial charge in [-0.05, 0) is 31.8 Å². The van der Waals surface area contributed by atoms with Crippen LogP contribution in [-0.4, -0.2) is 0 Å². The van der Waals surface area contributed by atoms with Gasteiger partial charge in [-0.15, -0.1) is 0 Å². The largest absolute Gasteiger partial charge is 0.0842 e. The summed E-state index contributed by atoms with van der Waals surface area (Å²) < 4.78 is 0. The van der Waals surface area contributed by atoms with Crippen LogP contribution in [0.5, 0.6) is 0 Å². The van der Waals surface area contributed by atoms with Crippen LogP contribution in [0.4, 0.5) is 0 Å². The van der Waals surface area contributed by atoms with E-state index in [1.54, 1.807) is 0 Å².